The number of amides is 2. The second kappa shape index (κ2) is 11.2. The van der Waals surface area contributed by atoms with Gasteiger partial charge in [0, 0.05) is 31.4 Å². The Bertz CT molecular complexity index is 1380. The minimum atomic E-state index is -3.68. The van der Waals surface area contributed by atoms with Crippen LogP contribution in [0.15, 0.2) is 65.6 Å². The summed E-state index contributed by atoms with van der Waals surface area (Å²) in [5, 5.41) is 4.42. The van der Waals surface area contributed by atoms with Crippen molar-refractivity contribution in [1.82, 2.24) is 10.2 Å². The molecule has 1 heterocycles. The Balaban J connectivity index is 1.51. The molecule has 0 spiro atoms. The predicted molar refractivity (Wildman–Crippen MR) is 144 cm³/mol. The van der Waals surface area contributed by atoms with Crippen LogP contribution in [0.3, 0.4) is 0 Å². The Hall–Kier alpha value is -3.59. The van der Waals surface area contributed by atoms with Crippen LogP contribution >= 0.6 is 0 Å². The van der Waals surface area contributed by atoms with Gasteiger partial charge in [0.2, 0.25) is 11.8 Å². The summed E-state index contributed by atoms with van der Waals surface area (Å²) in [6, 6.07) is 17.6. The Labute approximate surface area is 218 Å². The molecule has 1 N–H and O–H groups in total. The first kappa shape index (κ1) is 26.5. The Kier molecular flexibility index (Phi) is 8.02. The summed E-state index contributed by atoms with van der Waals surface area (Å²) < 4.78 is 33.1. The molecule has 1 atom stereocenters. The van der Waals surface area contributed by atoms with E-state index >= 15 is 0 Å². The van der Waals surface area contributed by atoms with Crippen molar-refractivity contribution in [2.24, 2.45) is 0 Å². The summed E-state index contributed by atoms with van der Waals surface area (Å²) in [5.74, 6) is 0.317. The second-order valence-corrected chi connectivity index (χ2v) is 10.8. The highest BCUT2D eigenvalue weighted by atomic mass is 32.2. The van der Waals surface area contributed by atoms with Gasteiger partial charge in [0.1, 0.15) is 11.8 Å². The molecule has 0 fully saturated rings. The van der Waals surface area contributed by atoms with E-state index in [-0.39, 0.29) is 31.3 Å². The second-order valence-electron chi connectivity index (χ2n) is 9.00. The predicted octanol–water partition coefficient (Wildman–Crippen LogP) is 4.08. The van der Waals surface area contributed by atoms with Gasteiger partial charge in [-0.3, -0.25) is 13.9 Å². The van der Waals surface area contributed by atoms with Crippen molar-refractivity contribution < 1.29 is 22.7 Å². The molecule has 196 valence electrons. The molecule has 0 saturated heterocycles. The molecule has 0 aromatic heterocycles. The lowest BCUT2D eigenvalue weighted by Crippen LogP contribution is -2.49. The number of nitrogens with zero attached hydrogens (tertiary/aromatic N) is 2. The highest BCUT2D eigenvalue weighted by Crippen LogP contribution is 2.42. The van der Waals surface area contributed by atoms with Gasteiger partial charge in [-0.1, -0.05) is 43.3 Å². The van der Waals surface area contributed by atoms with E-state index in [0.717, 1.165) is 16.3 Å². The summed E-state index contributed by atoms with van der Waals surface area (Å²) in [4.78, 5) is 28.2. The number of nitrogens with one attached hydrogen (secondary N) is 1. The number of likely N-dealkylation sites (N-methyl/N-ethyl adjacent to an activating group) is 1. The quantitative estimate of drug-likeness (QED) is 0.409. The van der Waals surface area contributed by atoms with Crippen LogP contribution in [0.2, 0.25) is 0 Å². The molecule has 3 aromatic rings. The number of hydrogen-bond donors (Lipinski definition) is 1. The average Bonchev–Trinajstić information content (AvgIpc) is 3.12. The maximum atomic E-state index is 13.5. The maximum Gasteiger partial charge on any atom is 0.265 e. The van der Waals surface area contributed by atoms with Crippen molar-refractivity contribution in [2.75, 3.05) is 24.5 Å². The number of methoxy groups -OCH3 is 1. The van der Waals surface area contributed by atoms with Crippen molar-refractivity contribution >= 4 is 38.3 Å². The topological polar surface area (TPSA) is 96.0 Å². The van der Waals surface area contributed by atoms with E-state index in [2.05, 4.69) is 5.32 Å². The number of carbonyl (C=O) groups excluding carboxylic acids is 2. The van der Waals surface area contributed by atoms with E-state index < -0.39 is 16.1 Å². The molecule has 8 nitrogen and oxygen atoms in total. The zero-order valence-electron chi connectivity index (χ0n) is 21.4. The fourth-order valence-corrected chi connectivity index (χ4v) is 6.60. The molecule has 37 heavy (non-hydrogen) atoms. The highest BCUT2D eigenvalue weighted by molar-refractivity contribution is 7.93. The minimum absolute atomic E-state index is 0.115. The minimum Gasteiger partial charge on any atom is -0.497 e. The monoisotopic (exact) mass is 523 g/mol. The molecular weight excluding hydrogens is 490 g/mol. The number of rotatable bonds is 11. The number of hydrogen-bond acceptors (Lipinski definition) is 5. The van der Waals surface area contributed by atoms with Crippen LogP contribution in [0.1, 0.15) is 38.7 Å². The molecule has 4 rings (SSSR count). The van der Waals surface area contributed by atoms with Crippen molar-refractivity contribution in [2.45, 2.75) is 50.6 Å². The average molecular weight is 524 g/mol. The molecule has 0 aliphatic carbocycles. The van der Waals surface area contributed by atoms with E-state index in [9.17, 15) is 18.0 Å². The van der Waals surface area contributed by atoms with Gasteiger partial charge in [-0.25, -0.2) is 8.42 Å². The lowest BCUT2D eigenvalue weighted by atomic mass is 10.1. The lowest BCUT2D eigenvalue weighted by Gasteiger charge is -2.31. The molecule has 9 heteroatoms. The number of anilines is 1. The largest absolute Gasteiger partial charge is 0.497 e. The first-order valence-electron chi connectivity index (χ1n) is 12.6. The molecule has 1 aliphatic rings. The normalized spacial score (nSPS) is 14.4. The summed E-state index contributed by atoms with van der Waals surface area (Å²) in [6.45, 7) is 4.64. The van der Waals surface area contributed by atoms with E-state index in [1.54, 1.807) is 30.2 Å². The van der Waals surface area contributed by atoms with E-state index in [0.29, 0.717) is 35.7 Å². The van der Waals surface area contributed by atoms with Gasteiger partial charge in [-0.15, -0.1) is 0 Å². The summed E-state index contributed by atoms with van der Waals surface area (Å²) in [7, 11) is -2.09. The molecular formula is C28H33N3O5S. The van der Waals surface area contributed by atoms with Crippen LogP contribution in [0, 0.1) is 0 Å². The highest BCUT2D eigenvalue weighted by Gasteiger charge is 2.35. The fraction of sp³-hybridized carbons (Fsp3) is 0.357. The molecule has 0 bridgehead atoms. The molecule has 0 radical (unpaired) electrons. The SMILES string of the molecule is CCNC(=O)C(CC)N(Cc1ccc(OC)cc1)C(=O)CCCN1c2cccc3cccc(c23)S1(=O)=O. The van der Waals surface area contributed by atoms with Gasteiger partial charge < -0.3 is 15.0 Å². The van der Waals surface area contributed by atoms with Crippen LogP contribution in [-0.4, -0.2) is 51.4 Å². The van der Waals surface area contributed by atoms with E-state index in [1.165, 1.54) is 4.31 Å². The van der Waals surface area contributed by atoms with Crippen molar-refractivity contribution in [1.29, 1.82) is 0 Å². The van der Waals surface area contributed by atoms with Gasteiger partial charge >= 0.3 is 0 Å². The molecule has 3 aromatic carbocycles. The van der Waals surface area contributed by atoms with Crippen molar-refractivity contribution in [3.63, 3.8) is 0 Å². The zero-order valence-corrected chi connectivity index (χ0v) is 22.3. The van der Waals surface area contributed by atoms with Crippen LogP contribution in [0.4, 0.5) is 5.69 Å². The third-order valence-electron chi connectivity index (χ3n) is 6.68. The summed E-state index contributed by atoms with van der Waals surface area (Å²) in [6.07, 6.45) is 0.906. The van der Waals surface area contributed by atoms with Crippen molar-refractivity contribution in [3.05, 3.63) is 66.2 Å². The van der Waals surface area contributed by atoms with Gasteiger partial charge in [0.25, 0.3) is 10.0 Å². The van der Waals surface area contributed by atoms with Crippen LogP contribution < -0.4 is 14.4 Å². The van der Waals surface area contributed by atoms with Crippen LogP contribution in [0.25, 0.3) is 10.8 Å². The number of sulfonamides is 1. The van der Waals surface area contributed by atoms with Gasteiger partial charge in [-0.2, -0.15) is 0 Å². The van der Waals surface area contributed by atoms with Gasteiger partial charge in [0.15, 0.2) is 0 Å². The molecule has 2 amide bonds. The molecule has 1 aliphatic heterocycles. The zero-order chi connectivity index (χ0) is 26.6. The third-order valence-corrected chi connectivity index (χ3v) is 8.54. The van der Waals surface area contributed by atoms with Gasteiger partial charge in [0.05, 0.1) is 17.7 Å². The van der Waals surface area contributed by atoms with Crippen LogP contribution in [-0.2, 0) is 26.2 Å². The Morgan fingerprint density at radius 1 is 1.03 bits per heavy atom. The van der Waals surface area contributed by atoms with E-state index in [1.807, 2.05) is 56.3 Å². The smallest absolute Gasteiger partial charge is 0.265 e. The standard InChI is InChI=1S/C28H33N3O5S/c1-4-23(28(33)29-5-2)30(19-20-14-16-22(36-3)17-15-20)26(32)13-8-18-31-24-11-6-9-21-10-7-12-25(27(21)24)37(31,34)35/h6-7,9-12,14-17,23H,4-5,8,13,18-19H2,1-3H3,(H,29,33). The first-order valence-corrected chi connectivity index (χ1v) is 14.0. The summed E-state index contributed by atoms with van der Waals surface area (Å²) in [5.41, 5.74) is 1.52. The lowest BCUT2D eigenvalue weighted by molar-refractivity contribution is -0.141. The molecule has 1 unspecified atom stereocenters. The van der Waals surface area contributed by atoms with Gasteiger partial charge in [-0.05, 0) is 55.0 Å². The first-order chi connectivity index (χ1) is 17.8. The Morgan fingerprint density at radius 2 is 1.73 bits per heavy atom. The number of ether oxygens (including phenoxy) is 1. The van der Waals surface area contributed by atoms with Crippen molar-refractivity contribution in [3.8, 4) is 5.75 Å². The number of benzene rings is 3. The van der Waals surface area contributed by atoms with Crippen LogP contribution in [0.5, 0.6) is 5.75 Å². The van der Waals surface area contributed by atoms with E-state index in [4.69, 9.17) is 4.74 Å². The maximum absolute atomic E-state index is 13.5. The molecule has 0 saturated carbocycles. The third kappa shape index (κ3) is 5.27. The Morgan fingerprint density at radius 3 is 2.38 bits per heavy atom. The fourth-order valence-electron chi connectivity index (χ4n) is 4.86. The summed E-state index contributed by atoms with van der Waals surface area (Å²) >= 11 is 0. The number of carbonyl (C=O) groups is 2.